The molecular formula is C20H22N4O3S. The molecule has 0 unspecified atom stereocenters. The van der Waals surface area contributed by atoms with Crippen LogP contribution < -0.4 is 10.0 Å². The number of hydrogen-bond donors (Lipinski definition) is 2. The Labute approximate surface area is 164 Å². The minimum Gasteiger partial charge on any atom is -0.322 e. The molecule has 8 heteroatoms. The number of hydrogen-bond acceptors (Lipinski definition) is 4. The lowest BCUT2D eigenvalue weighted by Gasteiger charge is -2.09. The molecule has 0 aliphatic carbocycles. The Morgan fingerprint density at radius 1 is 1.00 bits per heavy atom. The van der Waals surface area contributed by atoms with Gasteiger partial charge in [-0.05, 0) is 75.4 Å². The van der Waals surface area contributed by atoms with E-state index in [1.165, 1.54) is 0 Å². The average molecular weight is 398 g/mol. The maximum Gasteiger partial charge on any atom is 0.255 e. The third-order valence-corrected chi connectivity index (χ3v) is 5.49. The summed E-state index contributed by atoms with van der Waals surface area (Å²) >= 11 is 0. The first-order valence-electron chi connectivity index (χ1n) is 8.83. The van der Waals surface area contributed by atoms with E-state index >= 15 is 0 Å². The van der Waals surface area contributed by atoms with Crippen LogP contribution in [0.1, 0.15) is 28.7 Å². The monoisotopic (exact) mass is 398 g/mol. The summed E-state index contributed by atoms with van der Waals surface area (Å²) in [7, 11) is -3.32. The van der Waals surface area contributed by atoms with Gasteiger partial charge in [0.05, 0.1) is 17.1 Å². The van der Waals surface area contributed by atoms with Crippen molar-refractivity contribution in [3.63, 3.8) is 0 Å². The van der Waals surface area contributed by atoms with Gasteiger partial charge in [0.25, 0.3) is 5.91 Å². The molecule has 7 nitrogen and oxygen atoms in total. The summed E-state index contributed by atoms with van der Waals surface area (Å²) < 4.78 is 27.4. The number of rotatable bonds is 6. The Balaban J connectivity index is 1.68. The van der Waals surface area contributed by atoms with Gasteiger partial charge in [0.15, 0.2) is 0 Å². The number of aromatic nitrogens is 2. The van der Waals surface area contributed by atoms with Crippen molar-refractivity contribution in [2.24, 2.45) is 0 Å². The number of carbonyl (C=O) groups is 1. The van der Waals surface area contributed by atoms with Crippen LogP contribution in [0.25, 0.3) is 5.69 Å². The molecule has 0 aliphatic rings. The zero-order chi connectivity index (χ0) is 20.3. The third kappa shape index (κ3) is 4.58. The lowest BCUT2D eigenvalue weighted by Crippen LogP contribution is -2.15. The second-order valence-corrected chi connectivity index (χ2v) is 8.43. The molecule has 0 spiro atoms. The molecule has 0 bridgehead atoms. The van der Waals surface area contributed by atoms with Gasteiger partial charge in [0, 0.05) is 22.6 Å². The molecule has 0 saturated heterocycles. The highest BCUT2D eigenvalue weighted by Gasteiger charge is 2.10. The summed E-state index contributed by atoms with van der Waals surface area (Å²) in [5, 5.41) is 7.23. The van der Waals surface area contributed by atoms with Crippen molar-refractivity contribution in [1.29, 1.82) is 0 Å². The van der Waals surface area contributed by atoms with E-state index in [0.29, 0.717) is 16.9 Å². The maximum atomic E-state index is 12.4. The van der Waals surface area contributed by atoms with Crippen LogP contribution in [0, 0.1) is 13.8 Å². The van der Waals surface area contributed by atoms with Crippen LogP contribution in [-0.4, -0.2) is 29.9 Å². The summed E-state index contributed by atoms with van der Waals surface area (Å²) in [6.45, 7) is 5.48. The van der Waals surface area contributed by atoms with Crippen LogP contribution in [0.5, 0.6) is 0 Å². The zero-order valence-corrected chi connectivity index (χ0v) is 16.7. The minimum atomic E-state index is -3.32. The van der Waals surface area contributed by atoms with E-state index in [2.05, 4.69) is 15.1 Å². The van der Waals surface area contributed by atoms with Crippen molar-refractivity contribution in [1.82, 2.24) is 9.78 Å². The Morgan fingerprint density at radius 2 is 1.61 bits per heavy atom. The van der Waals surface area contributed by atoms with E-state index in [1.807, 2.05) is 36.7 Å². The van der Waals surface area contributed by atoms with E-state index in [-0.39, 0.29) is 11.7 Å². The third-order valence-electron chi connectivity index (χ3n) is 4.18. The summed E-state index contributed by atoms with van der Waals surface area (Å²) in [4.78, 5) is 12.4. The fourth-order valence-corrected chi connectivity index (χ4v) is 3.36. The van der Waals surface area contributed by atoms with Gasteiger partial charge in [-0.3, -0.25) is 9.52 Å². The highest BCUT2D eigenvalue weighted by Crippen LogP contribution is 2.17. The van der Waals surface area contributed by atoms with Gasteiger partial charge in [-0.1, -0.05) is 0 Å². The highest BCUT2D eigenvalue weighted by molar-refractivity contribution is 7.92. The zero-order valence-electron chi connectivity index (χ0n) is 15.9. The van der Waals surface area contributed by atoms with Crippen LogP contribution in [0.2, 0.25) is 0 Å². The van der Waals surface area contributed by atoms with Crippen LogP contribution >= 0.6 is 0 Å². The first-order chi connectivity index (χ1) is 13.3. The first-order valence-corrected chi connectivity index (χ1v) is 10.5. The van der Waals surface area contributed by atoms with Gasteiger partial charge in [0.2, 0.25) is 10.0 Å². The molecule has 1 aromatic heterocycles. The number of benzene rings is 2. The van der Waals surface area contributed by atoms with E-state index in [1.54, 1.807) is 43.3 Å². The van der Waals surface area contributed by atoms with Crippen molar-refractivity contribution >= 4 is 27.3 Å². The van der Waals surface area contributed by atoms with Gasteiger partial charge < -0.3 is 5.32 Å². The van der Waals surface area contributed by atoms with E-state index in [9.17, 15) is 13.2 Å². The van der Waals surface area contributed by atoms with E-state index in [4.69, 9.17) is 0 Å². The van der Waals surface area contributed by atoms with Gasteiger partial charge in [-0.2, -0.15) is 5.10 Å². The Kier molecular flexibility index (Phi) is 5.51. The molecule has 3 rings (SSSR count). The largest absolute Gasteiger partial charge is 0.322 e. The fourth-order valence-electron chi connectivity index (χ4n) is 2.72. The van der Waals surface area contributed by atoms with Crippen molar-refractivity contribution in [3.05, 3.63) is 71.5 Å². The van der Waals surface area contributed by atoms with Crippen LogP contribution in [0.3, 0.4) is 0 Å². The van der Waals surface area contributed by atoms with Crippen molar-refractivity contribution in [2.75, 3.05) is 15.8 Å². The van der Waals surface area contributed by atoms with Crippen molar-refractivity contribution in [2.45, 2.75) is 20.8 Å². The topological polar surface area (TPSA) is 93.1 Å². The summed E-state index contributed by atoms with van der Waals surface area (Å²) in [5.74, 6) is -0.249. The van der Waals surface area contributed by atoms with Crippen LogP contribution in [0.15, 0.2) is 54.6 Å². The molecule has 2 N–H and O–H groups in total. The normalized spacial score (nSPS) is 11.2. The standard InChI is InChI=1S/C20H22N4O3S/c1-4-28(26,27)23-18-9-7-17(8-10-18)21-20(25)16-5-11-19(12-6-16)24-15(3)13-14(2)22-24/h5-13,23H,4H2,1-3H3,(H,21,25). The average Bonchev–Trinajstić information content (AvgIpc) is 3.01. The predicted octanol–water partition coefficient (Wildman–Crippen LogP) is 3.50. The number of aryl methyl sites for hydroxylation is 2. The molecule has 2 aromatic carbocycles. The molecule has 0 aliphatic heterocycles. The molecule has 3 aromatic rings. The SMILES string of the molecule is CCS(=O)(=O)Nc1ccc(NC(=O)c2ccc(-n3nc(C)cc3C)cc2)cc1. The molecule has 0 radical (unpaired) electrons. The minimum absolute atomic E-state index is 0.000886. The molecule has 1 heterocycles. The Hall–Kier alpha value is -3.13. The van der Waals surface area contributed by atoms with Gasteiger partial charge in [-0.25, -0.2) is 13.1 Å². The van der Waals surface area contributed by atoms with Crippen molar-refractivity contribution in [3.8, 4) is 5.69 Å². The molecular weight excluding hydrogens is 376 g/mol. The molecule has 0 fully saturated rings. The van der Waals surface area contributed by atoms with E-state index < -0.39 is 10.0 Å². The quantitative estimate of drug-likeness (QED) is 0.665. The predicted molar refractivity (Wildman–Crippen MR) is 111 cm³/mol. The Morgan fingerprint density at radius 3 is 2.14 bits per heavy atom. The molecule has 0 atom stereocenters. The van der Waals surface area contributed by atoms with Gasteiger partial charge >= 0.3 is 0 Å². The number of carbonyl (C=O) groups excluding carboxylic acids is 1. The first kappa shape index (κ1) is 19.6. The lowest BCUT2D eigenvalue weighted by molar-refractivity contribution is 0.102. The lowest BCUT2D eigenvalue weighted by atomic mass is 10.2. The van der Waals surface area contributed by atoms with Gasteiger partial charge in [-0.15, -0.1) is 0 Å². The molecule has 1 amide bonds. The smallest absolute Gasteiger partial charge is 0.255 e. The van der Waals surface area contributed by atoms with E-state index in [0.717, 1.165) is 17.1 Å². The molecule has 0 saturated carbocycles. The van der Waals surface area contributed by atoms with Crippen LogP contribution in [-0.2, 0) is 10.0 Å². The number of nitrogens with zero attached hydrogens (tertiary/aromatic N) is 2. The van der Waals surface area contributed by atoms with Crippen LogP contribution in [0.4, 0.5) is 11.4 Å². The summed E-state index contributed by atoms with van der Waals surface area (Å²) in [5.41, 5.74) is 4.38. The number of amides is 1. The molecule has 146 valence electrons. The van der Waals surface area contributed by atoms with Crippen molar-refractivity contribution < 1.29 is 13.2 Å². The molecule has 28 heavy (non-hydrogen) atoms. The Bertz CT molecular complexity index is 1090. The number of anilines is 2. The maximum absolute atomic E-state index is 12.4. The van der Waals surface area contributed by atoms with Gasteiger partial charge in [0.1, 0.15) is 0 Å². The highest BCUT2D eigenvalue weighted by atomic mass is 32.2. The second-order valence-electron chi connectivity index (χ2n) is 6.42. The summed E-state index contributed by atoms with van der Waals surface area (Å²) in [6, 6.07) is 15.7. The fraction of sp³-hybridized carbons (Fsp3) is 0.200. The summed E-state index contributed by atoms with van der Waals surface area (Å²) in [6.07, 6.45) is 0. The number of nitrogens with one attached hydrogen (secondary N) is 2. The number of sulfonamides is 1. The second kappa shape index (κ2) is 7.85.